The van der Waals surface area contributed by atoms with Crippen molar-refractivity contribution >= 4 is 17.9 Å². The molecule has 0 aromatic carbocycles. The van der Waals surface area contributed by atoms with Gasteiger partial charge >= 0.3 is 0 Å². The molecule has 5 heteroatoms. The van der Waals surface area contributed by atoms with Crippen LogP contribution >= 0.6 is 0 Å². The molecular formula is C12H12N4O. The number of nitrogens with zero attached hydrogens (tertiary/aromatic N) is 2. The standard InChI is InChI=1S/C12H12N4O/c17-9-16-11-2-1-5-14-12(11)15-8-10-3-6-13-7-4-10/h1-7,9H,8H2,(H,14,15)(H,16,17). The van der Waals surface area contributed by atoms with Gasteiger partial charge in [0.15, 0.2) is 0 Å². The number of nitrogens with one attached hydrogen (secondary N) is 2. The molecule has 2 heterocycles. The van der Waals surface area contributed by atoms with Crippen LogP contribution in [0.1, 0.15) is 5.56 Å². The zero-order valence-electron chi connectivity index (χ0n) is 9.13. The van der Waals surface area contributed by atoms with Crippen molar-refractivity contribution in [1.82, 2.24) is 9.97 Å². The highest BCUT2D eigenvalue weighted by Gasteiger charge is 2.01. The molecule has 2 aromatic rings. The van der Waals surface area contributed by atoms with E-state index < -0.39 is 0 Å². The van der Waals surface area contributed by atoms with Crippen LogP contribution in [0, 0.1) is 0 Å². The van der Waals surface area contributed by atoms with E-state index in [4.69, 9.17) is 0 Å². The summed E-state index contributed by atoms with van der Waals surface area (Å²) in [7, 11) is 0. The summed E-state index contributed by atoms with van der Waals surface area (Å²) in [4.78, 5) is 18.5. The fourth-order valence-electron chi connectivity index (χ4n) is 1.41. The Bertz CT molecular complexity index is 487. The molecule has 0 saturated carbocycles. The Labute approximate surface area is 98.9 Å². The molecule has 0 fully saturated rings. The number of hydrogen-bond donors (Lipinski definition) is 2. The Hall–Kier alpha value is -2.43. The molecule has 0 atom stereocenters. The fourth-order valence-corrected chi connectivity index (χ4v) is 1.41. The first kappa shape index (κ1) is 11.1. The lowest BCUT2D eigenvalue weighted by molar-refractivity contribution is -0.105. The quantitative estimate of drug-likeness (QED) is 0.764. The molecule has 0 aliphatic heterocycles. The van der Waals surface area contributed by atoms with E-state index >= 15 is 0 Å². The molecule has 0 bridgehead atoms. The molecule has 0 unspecified atom stereocenters. The first-order valence-corrected chi connectivity index (χ1v) is 5.18. The molecule has 0 spiro atoms. The monoisotopic (exact) mass is 228 g/mol. The molecule has 0 aliphatic carbocycles. The molecule has 5 nitrogen and oxygen atoms in total. The van der Waals surface area contributed by atoms with Gasteiger partial charge < -0.3 is 10.6 Å². The van der Waals surface area contributed by atoms with Gasteiger partial charge in [0.2, 0.25) is 6.41 Å². The summed E-state index contributed by atoms with van der Waals surface area (Å²) in [6.07, 6.45) is 5.78. The van der Waals surface area contributed by atoms with Crippen molar-refractivity contribution in [2.24, 2.45) is 0 Å². The lowest BCUT2D eigenvalue weighted by Gasteiger charge is -2.09. The molecule has 0 saturated heterocycles. The van der Waals surface area contributed by atoms with E-state index in [-0.39, 0.29) is 0 Å². The van der Waals surface area contributed by atoms with Gasteiger partial charge in [-0.3, -0.25) is 9.78 Å². The van der Waals surface area contributed by atoms with Gasteiger partial charge in [-0.1, -0.05) is 0 Å². The van der Waals surface area contributed by atoms with Crippen LogP contribution < -0.4 is 10.6 Å². The minimum absolute atomic E-state index is 0.632. The highest BCUT2D eigenvalue weighted by Crippen LogP contribution is 2.17. The fraction of sp³-hybridized carbons (Fsp3) is 0.0833. The number of anilines is 2. The van der Waals surface area contributed by atoms with Crippen LogP contribution in [0.5, 0.6) is 0 Å². The second-order valence-corrected chi connectivity index (χ2v) is 3.37. The van der Waals surface area contributed by atoms with Crippen LogP contribution in [0.25, 0.3) is 0 Å². The zero-order chi connectivity index (χ0) is 11.9. The second-order valence-electron chi connectivity index (χ2n) is 3.37. The Morgan fingerprint density at radius 3 is 2.76 bits per heavy atom. The lowest BCUT2D eigenvalue weighted by Crippen LogP contribution is -2.05. The first-order chi connectivity index (χ1) is 8.40. The SMILES string of the molecule is O=CNc1cccnc1NCc1ccncc1. The summed E-state index contributed by atoms with van der Waals surface area (Å²) >= 11 is 0. The molecular weight excluding hydrogens is 216 g/mol. The van der Waals surface area contributed by atoms with E-state index in [1.165, 1.54) is 0 Å². The summed E-state index contributed by atoms with van der Waals surface area (Å²) in [6.45, 7) is 0.632. The molecule has 0 aliphatic rings. The van der Waals surface area contributed by atoms with Gasteiger partial charge in [-0.15, -0.1) is 0 Å². The van der Waals surface area contributed by atoms with E-state index in [0.29, 0.717) is 24.5 Å². The third-order valence-corrected chi connectivity index (χ3v) is 2.23. The summed E-state index contributed by atoms with van der Waals surface area (Å²) in [5, 5.41) is 5.75. The maximum absolute atomic E-state index is 10.4. The van der Waals surface area contributed by atoms with E-state index in [1.54, 1.807) is 30.7 Å². The summed E-state index contributed by atoms with van der Waals surface area (Å²) in [6, 6.07) is 7.39. The van der Waals surface area contributed by atoms with Gasteiger partial charge in [0.1, 0.15) is 5.82 Å². The van der Waals surface area contributed by atoms with Crippen LogP contribution in [-0.2, 0) is 11.3 Å². The minimum Gasteiger partial charge on any atom is -0.364 e. The van der Waals surface area contributed by atoms with Gasteiger partial charge in [-0.2, -0.15) is 0 Å². The number of carbonyl (C=O) groups excluding carboxylic acids is 1. The Kier molecular flexibility index (Phi) is 3.64. The molecule has 17 heavy (non-hydrogen) atoms. The first-order valence-electron chi connectivity index (χ1n) is 5.18. The molecule has 2 rings (SSSR count). The number of aromatic nitrogens is 2. The van der Waals surface area contributed by atoms with Crippen molar-refractivity contribution < 1.29 is 4.79 Å². The van der Waals surface area contributed by atoms with E-state index in [9.17, 15) is 4.79 Å². The second kappa shape index (κ2) is 5.60. The van der Waals surface area contributed by atoms with Crippen molar-refractivity contribution in [3.05, 3.63) is 48.4 Å². The number of rotatable bonds is 5. The van der Waals surface area contributed by atoms with Gasteiger partial charge in [0.05, 0.1) is 5.69 Å². The van der Waals surface area contributed by atoms with Gasteiger partial charge in [-0.25, -0.2) is 4.98 Å². The lowest BCUT2D eigenvalue weighted by atomic mass is 10.2. The molecule has 1 amide bonds. The maximum atomic E-state index is 10.4. The van der Waals surface area contributed by atoms with Gasteiger partial charge in [-0.05, 0) is 29.8 Å². The molecule has 2 N–H and O–H groups in total. The van der Waals surface area contributed by atoms with Crippen molar-refractivity contribution in [2.45, 2.75) is 6.54 Å². The van der Waals surface area contributed by atoms with Crippen LogP contribution in [0.3, 0.4) is 0 Å². The van der Waals surface area contributed by atoms with E-state index in [2.05, 4.69) is 20.6 Å². The van der Waals surface area contributed by atoms with Crippen molar-refractivity contribution in [3.63, 3.8) is 0 Å². The predicted octanol–water partition coefficient (Wildman–Crippen LogP) is 1.66. The normalized spacial score (nSPS) is 9.65. The average molecular weight is 228 g/mol. The van der Waals surface area contributed by atoms with E-state index in [0.717, 1.165) is 5.56 Å². The predicted molar refractivity (Wildman–Crippen MR) is 65.5 cm³/mol. The van der Waals surface area contributed by atoms with Crippen molar-refractivity contribution in [3.8, 4) is 0 Å². The Balaban J connectivity index is 2.06. The minimum atomic E-state index is 0.632. The number of amides is 1. The topological polar surface area (TPSA) is 66.9 Å². The van der Waals surface area contributed by atoms with Gasteiger partial charge in [0.25, 0.3) is 0 Å². The maximum Gasteiger partial charge on any atom is 0.211 e. The Morgan fingerprint density at radius 1 is 1.18 bits per heavy atom. The third-order valence-electron chi connectivity index (χ3n) is 2.23. The van der Waals surface area contributed by atoms with Crippen LogP contribution in [0.4, 0.5) is 11.5 Å². The average Bonchev–Trinajstić information content (AvgIpc) is 2.39. The van der Waals surface area contributed by atoms with E-state index in [1.807, 2.05) is 12.1 Å². The third kappa shape index (κ3) is 3.01. The van der Waals surface area contributed by atoms with Crippen LogP contribution in [-0.4, -0.2) is 16.4 Å². The molecule has 0 radical (unpaired) electrons. The highest BCUT2D eigenvalue weighted by molar-refractivity contribution is 5.78. The number of hydrogen-bond acceptors (Lipinski definition) is 4. The Morgan fingerprint density at radius 2 is 2.00 bits per heavy atom. The number of pyridine rings is 2. The zero-order valence-corrected chi connectivity index (χ0v) is 9.13. The smallest absolute Gasteiger partial charge is 0.211 e. The van der Waals surface area contributed by atoms with Crippen molar-refractivity contribution in [1.29, 1.82) is 0 Å². The van der Waals surface area contributed by atoms with Crippen LogP contribution in [0.15, 0.2) is 42.9 Å². The number of carbonyl (C=O) groups is 1. The van der Waals surface area contributed by atoms with Gasteiger partial charge in [0, 0.05) is 25.1 Å². The summed E-state index contributed by atoms with van der Waals surface area (Å²) < 4.78 is 0. The molecule has 2 aromatic heterocycles. The highest BCUT2D eigenvalue weighted by atomic mass is 16.1. The summed E-state index contributed by atoms with van der Waals surface area (Å²) in [5.41, 5.74) is 1.76. The summed E-state index contributed by atoms with van der Waals surface area (Å²) in [5.74, 6) is 0.649. The largest absolute Gasteiger partial charge is 0.364 e. The van der Waals surface area contributed by atoms with Crippen molar-refractivity contribution in [2.75, 3.05) is 10.6 Å². The molecule has 86 valence electrons. The van der Waals surface area contributed by atoms with Crippen LogP contribution in [0.2, 0.25) is 0 Å².